The molecule has 1 aliphatic rings. The molecule has 4 aromatic rings. The minimum absolute atomic E-state index is 0.243. The van der Waals surface area contributed by atoms with Gasteiger partial charge in [-0.05, 0) is 82.0 Å². The molecule has 0 aromatic heterocycles. The normalized spacial score (nSPS) is 20.0. The van der Waals surface area contributed by atoms with Gasteiger partial charge in [-0.15, -0.1) is 11.8 Å². The van der Waals surface area contributed by atoms with Crippen LogP contribution in [-0.4, -0.2) is 66.1 Å². The fourth-order valence-electron chi connectivity index (χ4n) is 5.29. The molecule has 0 amide bonds. The molecule has 0 unspecified atom stereocenters. The fourth-order valence-corrected chi connectivity index (χ4v) is 6.24. The molecule has 0 aliphatic carbocycles. The lowest BCUT2D eigenvalue weighted by atomic mass is 9.98. The van der Waals surface area contributed by atoms with E-state index >= 15 is 0 Å². The van der Waals surface area contributed by atoms with Gasteiger partial charge in [0.2, 0.25) is 0 Å². The summed E-state index contributed by atoms with van der Waals surface area (Å²) in [6, 6.07) is 27.3. The van der Waals surface area contributed by atoms with Gasteiger partial charge in [0.05, 0.1) is 22.3 Å². The Morgan fingerprint density at radius 3 is 1.24 bits per heavy atom. The third-order valence-electron chi connectivity index (χ3n) is 8.18. The van der Waals surface area contributed by atoms with Gasteiger partial charge in [-0.1, -0.05) is 77.7 Å². The van der Waals surface area contributed by atoms with Crippen molar-refractivity contribution in [2.75, 3.05) is 12.4 Å². The van der Waals surface area contributed by atoms with Crippen molar-refractivity contribution in [2.24, 2.45) is 0 Å². The van der Waals surface area contributed by atoms with E-state index in [2.05, 4.69) is 0 Å². The number of aryl methyl sites for hydroxylation is 4. The zero-order valence-electron chi connectivity index (χ0n) is 28.6. The van der Waals surface area contributed by atoms with Crippen LogP contribution < -0.4 is 0 Å². The molecule has 1 fully saturated rings. The number of hydrogen-bond donors (Lipinski definition) is 0. The molecule has 0 saturated carbocycles. The summed E-state index contributed by atoms with van der Waals surface area (Å²) in [5.74, 6) is -2.20. The first kappa shape index (κ1) is 36.4. The van der Waals surface area contributed by atoms with Crippen molar-refractivity contribution in [2.45, 2.75) is 64.5 Å². The van der Waals surface area contributed by atoms with Crippen LogP contribution in [0.15, 0.2) is 97.1 Å². The summed E-state index contributed by atoms with van der Waals surface area (Å²) in [6.45, 7) is 9.14. The maximum Gasteiger partial charge on any atom is 0.338 e. The highest BCUT2D eigenvalue weighted by Crippen LogP contribution is 2.35. The molecular formula is C40H40O9S. The summed E-state index contributed by atoms with van der Waals surface area (Å²) in [4.78, 5) is 54.0. The van der Waals surface area contributed by atoms with E-state index in [-0.39, 0.29) is 23.3 Å². The van der Waals surface area contributed by atoms with Crippen LogP contribution in [0.1, 0.15) is 70.6 Å². The quantitative estimate of drug-likeness (QED) is 0.118. The van der Waals surface area contributed by atoms with Crippen LogP contribution in [-0.2, 0) is 23.7 Å². The van der Waals surface area contributed by atoms with Crippen LogP contribution >= 0.6 is 11.8 Å². The first-order valence-corrected chi connectivity index (χ1v) is 17.4. The van der Waals surface area contributed by atoms with E-state index in [1.54, 1.807) is 97.1 Å². The fraction of sp³-hybridized carbons (Fsp3) is 0.300. The number of carbonyl (C=O) groups excluding carboxylic acids is 4. The number of hydrogen-bond acceptors (Lipinski definition) is 10. The third-order valence-corrected chi connectivity index (χ3v) is 9.22. The molecular weight excluding hydrogens is 656 g/mol. The van der Waals surface area contributed by atoms with Crippen molar-refractivity contribution >= 4 is 35.6 Å². The van der Waals surface area contributed by atoms with Crippen molar-refractivity contribution in [1.82, 2.24) is 0 Å². The van der Waals surface area contributed by atoms with Crippen molar-refractivity contribution in [3.63, 3.8) is 0 Å². The first-order valence-electron chi connectivity index (χ1n) is 16.4. The Labute approximate surface area is 296 Å². The molecule has 4 aromatic carbocycles. The van der Waals surface area contributed by atoms with E-state index in [9.17, 15) is 19.2 Å². The second-order valence-corrected chi connectivity index (χ2v) is 13.5. The molecule has 5 atom stereocenters. The molecule has 1 aliphatic heterocycles. The molecule has 0 spiro atoms. The summed E-state index contributed by atoms with van der Waals surface area (Å²) in [5.41, 5.74) is 4.02. The summed E-state index contributed by atoms with van der Waals surface area (Å²) in [6.07, 6.45) is -5.03. The van der Waals surface area contributed by atoms with Gasteiger partial charge in [0.1, 0.15) is 18.1 Å². The lowest BCUT2D eigenvalue weighted by Gasteiger charge is -2.44. The second-order valence-electron chi connectivity index (χ2n) is 12.2. The van der Waals surface area contributed by atoms with E-state index in [0.29, 0.717) is 11.3 Å². The molecule has 5 rings (SSSR count). The van der Waals surface area contributed by atoms with Crippen LogP contribution in [0, 0.1) is 27.7 Å². The predicted octanol–water partition coefficient (Wildman–Crippen LogP) is 7.23. The average molecular weight is 697 g/mol. The molecule has 260 valence electrons. The second kappa shape index (κ2) is 16.7. The van der Waals surface area contributed by atoms with Gasteiger partial charge in [0, 0.05) is 0 Å². The molecule has 10 heteroatoms. The summed E-state index contributed by atoms with van der Waals surface area (Å²) in [5, 5.41) is 0. The minimum Gasteiger partial charge on any atom is -0.459 e. The maximum atomic E-state index is 13.7. The largest absolute Gasteiger partial charge is 0.459 e. The Bertz CT molecular complexity index is 1790. The summed E-state index contributed by atoms with van der Waals surface area (Å²) < 4.78 is 30.4. The SMILES string of the molecule is CCS[C@@H]1O[C@H](COC(=O)c2ccc(C)cc2)[C@@H](OC(=O)c2ccc(C)cc2)[C@H](OC(=O)c2ccc(C)cc2)[C@H]1OC(=O)c1ccc(C)cc1. The van der Waals surface area contributed by atoms with Crippen LogP contribution in [0.2, 0.25) is 0 Å². The monoisotopic (exact) mass is 696 g/mol. The van der Waals surface area contributed by atoms with Crippen LogP contribution in [0.5, 0.6) is 0 Å². The van der Waals surface area contributed by atoms with E-state index in [0.717, 1.165) is 22.3 Å². The number of benzene rings is 4. The Morgan fingerprint density at radius 1 is 0.520 bits per heavy atom. The number of esters is 4. The van der Waals surface area contributed by atoms with Crippen LogP contribution in [0.3, 0.4) is 0 Å². The van der Waals surface area contributed by atoms with Gasteiger partial charge < -0.3 is 23.7 Å². The highest BCUT2D eigenvalue weighted by atomic mass is 32.2. The lowest BCUT2D eigenvalue weighted by Crippen LogP contribution is -2.61. The highest BCUT2D eigenvalue weighted by Gasteiger charge is 2.53. The number of ether oxygens (including phenoxy) is 5. The Kier molecular flexibility index (Phi) is 12.1. The molecule has 0 radical (unpaired) electrons. The van der Waals surface area contributed by atoms with Gasteiger partial charge in [-0.25, -0.2) is 19.2 Å². The Balaban J connectivity index is 1.53. The number of rotatable bonds is 11. The van der Waals surface area contributed by atoms with Gasteiger partial charge in [-0.3, -0.25) is 0 Å². The first-order chi connectivity index (χ1) is 24.0. The topological polar surface area (TPSA) is 114 Å². The number of thioether (sulfide) groups is 1. The van der Waals surface area contributed by atoms with Gasteiger partial charge in [-0.2, -0.15) is 0 Å². The van der Waals surface area contributed by atoms with E-state index < -0.39 is 53.7 Å². The minimum atomic E-state index is -1.35. The molecule has 0 N–H and O–H groups in total. The highest BCUT2D eigenvalue weighted by molar-refractivity contribution is 7.99. The van der Waals surface area contributed by atoms with Crippen molar-refractivity contribution < 1.29 is 42.9 Å². The molecule has 50 heavy (non-hydrogen) atoms. The average Bonchev–Trinajstić information content (AvgIpc) is 3.10. The molecule has 1 saturated heterocycles. The number of carbonyl (C=O) groups is 4. The molecule has 1 heterocycles. The van der Waals surface area contributed by atoms with Crippen molar-refractivity contribution in [3.05, 3.63) is 142 Å². The van der Waals surface area contributed by atoms with Crippen molar-refractivity contribution in [1.29, 1.82) is 0 Å². The smallest absolute Gasteiger partial charge is 0.338 e. The van der Waals surface area contributed by atoms with Gasteiger partial charge in [0.15, 0.2) is 18.3 Å². The standard InChI is InChI=1S/C40H40O9S/c1-6-50-40-35(49-39(44)31-21-13-27(5)14-22-31)34(48-38(43)30-19-11-26(4)12-20-30)33(47-37(42)29-17-9-25(3)10-18-29)32(46-40)23-45-36(41)28-15-7-24(2)8-16-28/h7-22,32-35,40H,6,23H2,1-5H3/t32-,33-,34+,35-,40+/m1/s1. The molecule has 9 nitrogen and oxygen atoms in total. The Hall–Kier alpha value is -4.93. The lowest BCUT2D eigenvalue weighted by molar-refractivity contribution is -0.207. The van der Waals surface area contributed by atoms with Gasteiger partial charge in [0.25, 0.3) is 0 Å². The van der Waals surface area contributed by atoms with E-state index in [4.69, 9.17) is 23.7 Å². The maximum absolute atomic E-state index is 13.7. The summed E-state index contributed by atoms with van der Waals surface area (Å²) >= 11 is 1.31. The zero-order valence-corrected chi connectivity index (χ0v) is 29.4. The predicted molar refractivity (Wildman–Crippen MR) is 189 cm³/mol. The van der Waals surface area contributed by atoms with Crippen molar-refractivity contribution in [3.8, 4) is 0 Å². The summed E-state index contributed by atoms with van der Waals surface area (Å²) in [7, 11) is 0. The molecule has 0 bridgehead atoms. The van der Waals surface area contributed by atoms with E-state index in [1.807, 2.05) is 34.6 Å². The third kappa shape index (κ3) is 9.19. The van der Waals surface area contributed by atoms with Crippen LogP contribution in [0.25, 0.3) is 0 Å². The zero-order chi connectivity index (χ0) is 35.8. The van der Waals surface area contributed by atoms with Gasteiger partial charge >= 0.3 is 23.9 Å². The van der Waals surface area contributed by atoms with E-state index in [1.165, 1.54) is 11.8 Å². The Morgan fingerprint density at radius 2 is 0.860 bits per heavy atom. The van der Waals surface area contributed by atoms with Crippen LogP contribution in [0.4, 0.5) is 0 Å².